The van der Waals surface area contributed by atoms with Crippen LogP contribution in [0.15, 0.2) is 23.4 Å². The van der Waals surface area contributed by atoms with E-state index in [2.05, 4.69) is 35.2 Å². The third kappa shape index (κ3) is 2.41. The van der Waals surface area contributed by atoms with Crippen LogP contribution in [0.4, 0.5) is 0 Å². The van der Waals surface area contributed by atoms with Crippen LogP contribution in [0.5, 0.6) is 0 Å². The van der Waals surface area contributed by atoms with Crippen molar-refractivity contribution in [3.8, 4) is 0 Å². The number of thioether (sulfide) groups is 1. The monoisotopic (exact) mass is 236 g/mol. The van der Waals surface area contributed by atoms with Crippen molar-refractivity contribution in [2.45, 2.75) is 37.3 Å². The molecule has 1 aliphatic heterocycles. The zero-order valence-corrected chi connectivity index (χ0v) is 11.0. The highest BCUT2D eigenvalue weighted by atomic mass is 32.2. The highest BCUT2D eigenvalue weighted by molar-refractivity contribution is 7.98. The lowest BCUT2D eigenvalue weighted by molar-refractivity contribution is 0.254. The summed E-state index contributed by atoms with van der Waals surface area (Å²) in [5.41, 5.74) is 1.43. The minimum Gasteiger partial charge on any atom is -0.296 e. The van der Waals surface area contributed by atoms with E-state index in [-0.39, 0.29) is 0 Å². The van der Waals surface area contributed by atoms with Crippen LogP contribution < -0.4 is 0 Å². The van der Waals surface area contributed by atoms with Crippen molar-refractivity contribution in [3.63, 3.8) is 0 Å². The van der Waals surface area contributed by atoms with Crippen LogP contribution in [0.2, 0.25) is 0 Å². The van der Waals surface area contributed by atoms with Gasteiger partial charge in [0.2, 0.25) is 0 Å². The fourth-order valence-electron chi connectivity index (χ4n) is 2.56. The summed E-state index contributed by atoms with van der Waals surface area (Å²) in [6, 6.07) is 4.92. The average Bonchev–Trinajstić information content (AvgIpc) is 2.77. The first kappa shape index (κ1) is 11.9. The Kier molecular flexibility index (Phi) is 4.24. The molecule has 0 saturated carbocycles. The van der Waals surface area contributed by atoms with E-state index >= 15 is 0 Å². The number of aromatic nitrogens is 1. The Labute approximate surface area is 102 Å². The molecule has 1 aromatic heterocycles. The summed E-state index contributed by atoms with van der Waals surface area (Å²) in [6.07, 6.45) is 7.87. The lowest BCUT2D eigenvalue weighted by Gasteiger charge is -2.25. The van der Waals surface area contributed by atoms with Gasteiger partial charge in [-0.2, -0.15) is 0 Å². The molecule has 0 bridgehead atoms. The Bertz CT molecular complexity index is 340. The molecular formula is C13H20N2S. The van der Waals surface area contributed by atoms with Gasteiger partial charge in [-0.1, -0.05) is 13.0 Å². The molecule has 88 valence electrons. The highest BCUT2D eigenvalue weighted by Gasteiger charge is 2.26. The predicted octanol–water partition coefficient (Wildman–Crippen LogP) is 3.35. The van der Waals surface area contributed by atoms with Crippen molar-refractivity contribution in [3.05, 3.63) is 23.9 Å². The van der Waals surface area contributed by atoms with E-state index in [1.807, 2.05) is 6.20 Å². The summed E-state index contributed by atoms with van der Waals surface area (Å²) in [4.78, 5) is 7.08. The Morgan fingerprint density at radius 1 is 1.56 bits per heavy atom. The molecule has 1 atom stereocenters. The fraction of sp³-hybridized carbons (Fsp3) is 0.615. The molecule has 2 nitrogen and oxygen atoms in total. The van der Waals surface area contributed by atoms with Gasteiger partial charge in [-0.05, 0) is 44.7 Å². The molecule has 0 radical (unpaired) electrons. The topological polar surface area (TPSA) is 16.1 Å². The molecule has 0 unspecified atom stereocenters. The maximum absolute atomic E-state index is 4.47. The zero-order valence-electron chi connectivity index (χ0n) is 10.1. The maximum Gasteiger partial charge on any atom is 0.100 e. The lowest BCUT2D eigenvalue weighted by Crippen LogP contribution is -2.24. The molecule has 1 aromatic rings. The quantitative estimate of drug-likeness (QED) is 0.746. The van der Waals surface area contributed by atoms with Crippen LogP contribution in [0.3, 0.4) is 0 Å². The van der Waals surface area contributed by atoms with Crippen molar-refractivity contribution >= 4 is 11.8 Å². The molecule has 16 heavy (non-hydrogen) atoms. The van der Waals surface area contributed by atoms with Gasteiger partial charge in [-0.25, -0.2) is 4.98 Å². The second-order valence-electron chi connectivity index (χ2n) is 4.30. The minimum atomic E-state index is 0.607. The largest absolute Gasteiger partial charge is 0.296 e. The number of hydrogen-bond donors (Lipinski definition) is 0. The highest BCUT2D eigenvalue weighted by Crippen LogP contribution is 2.35. The van der Waals surface area contributed by atoms with Gasteiger partial charge in [-0.3, -0.25) is 4.90 Å². The first-order valence-corrected chi connectivity index (χ1v) is 7.32. The normalized spacial score (nSPS) is 21.5. The van der Waals surface area contributed by atoms with Gasteiger partial charge in [0, 0.05) is 17.8 Å². The summed E-state index contributed by atoms with van der Waals surface area (Å²) >= 11 is 1.76. The average molecular weight is 236 g/mol. The van der Waals surface area contributed by atoms with Crippen molar-refractivity contribution in [1.29, 1.82) is 0 Å². The van der Waals surface area contributed by atoms with Gasteiger partial charge in [0.15, 0.2) is 0 Å². The Balaban J connectivity index is 2.21. The van der Waals surface area contributed by atoms with Crippen molar-refractivity contribution in [1.82, 2.24) is 9.88 Å². The molecule has 0 N–H and O–H groups in total. The Morgan fingerprint density at radius 2 is 2.44 bits per heavy atom. The predicted molar refractivity (Wildman–Crippen MR) is 69.9 cm³/mol. The minimum absolute atomic E-state index is 0.607. The molecule has 0 amide bonds. The van der Waals surface area contributed by atoms with Crippen LogP contribution in [-0.2, 0) is 0 Å². The van der Waals surface area contributed by atoms with Crippen LogP contribution in [0.25, 0.3) is 0 Å². The van der Waals surface area contributed by atoms with E-state index in [0.717, 1.165) is 0 Å². The first-order valence-electron chi connectivity index (χ1n) is 6.09. The van der Waals surface area contributed by atoms with E-state index in [4.69, 9.17) is 0 Å². The maximum atomic E-state index is 4.47. The number of hydrogen-bond acceptors (Lipinski definition) is 3. The van der Waals surface area contributed by atoms with Gasteiger partial charge in [0.05, 0.1) is 0 Å². The van der Waals surface area contributed by atoms with Crippen molar-refractivity contribution < 1.29 is 0 Å². The molecule has 0 spiro atoms. The third-order valence-corrected chi connectivity index (χ3v) is 3.96. The van der Waals surface area contributed by atoms with Crippen molar-refractivity contribution in [2.75, 3.05) is 19.3 Å². The summed E-state index contributed by atoms with van der Waals surface area (Å²) in [6.45, 7) is 4.72. The molecule has 0 aromatic carbocycles. The summed E-state index contributed by atoms with van der Waals surface area (Å²) in [5, 5.41) is 1.20. The van der Waals surface area contributed by atoms with Gasteiger partial charge in [-0.15, -0.1) is 11.8 Å². The second-order valence-corrected chi connectivity index (χ2v) is 5.09. The third-order valence-electron chi connectivity index (χ3n) is 3.23. The number of nitrogens with zero attached hydrogens (tertiary/aromatic N) is 2. The lowest BCUT2D eigenvalue weighted by atomic mass is 10.1. The standard InChI is InChI=1S/C13H20N2S/c1-3-9-15-10-5-7-12(15)11-6-4-8-14-13(11)16-2/h4,6,8,12H,3,5,7,9-10H2,1-2H3/t12-/m1/s1. The number of likely N-dealkylation sites (tertiary alicyclic amines) is 1. The molecule has 2 rings (SSSR count). The van der Waals surface area contributed by atoms with Crippen LogP contribution >= 0.6 is 11.8 Å². The second kappa shape index (κ2) is 5.69. The first-order chi connectivity index (χ1) is 7.86. The summed E-state index contributed by atoms with van der Waals surface area (Å²) in [5.74, 6) is 0. The van der Waals surface area contributed by atoms with Gasteiger partial charge < -0.3 is 0 Å². The van der Waals surface area contributed by atoms with E-state index in [1.165, 1.54) is 42.9 Å². The smallest absolute Gasteiger partial charge is 0.100 e. The summed E-state index contributed by atoms with van der Waals surface area (Å²) < 4.78 is 0. The number of pyridine rings is 1. The van der Waals surface area contributed by atoms with E-state index in [0.29, 0.717) is 6.04 Å². The van der Waals surface area contributed by atoms with Gasteiger partial charge in [0.1, 0.15) is 5.03 Å². The van der Waals surface area contributed by atoms with Gasteiger partial charge in [0.25, 0.3) is 0 Å². The molecule has 1 aliphatic rings. The zero-order chi connectivity index (χ0) is 11.4. The Morgan fingerprint density at radius 3 is 3.19 bits per heavy atom. The molecule has 1 fully saturated rings. The fourth-order valence-corrected chi connectivity index (χ4v) is 3.17. The van der Waals surface area contributed by atoms with Crippen LogP contribution in [0, 0.1) is 0 Å². The molecule has 3 heteroatoms. The van der Waals surface area contributed by atoms with E-state index in [1.54, 1.807) is 11.8 Å². The van der Waals surface area contributed by atoms with Crippen LogP contribution in [-0.4, -0.2) is 29.2 Å². The van der Waals surface area contributed by atoms with E-state index in [9.17, 15) is 0 Å². The molecular weight excluding hydrogens is 216 g/mol. The summed E-state index contributed by atoms with van der Waals surface area (Å²) in [7, 11) is 0. The molecule has 1 saturated heterocycles. The van der Waals surface area contributed by atoms with Gasteiger partial charge >= 0.3 is 0 Å². The van der Waals surface area contributed by atoms with Crippen molar-refractivity contribution in [2.24, 2.45) is 0 Å². The SMILES string of the molecule is CCCN1CCC[C@@H]1c1cccnc1SC. The Hall–Kier alpha value is -0.540. The van der Waals surface area contributed by atoms with Crippen LogP contribution in [0.1, 0.15) is 37.8 Å². The number of rotatable bonds is 4. The van der Waals surface area contributed by atoms with E-state index < -0.39 is 0 Å². The molecule has 2 heterocycles. The molecule has 0 aliphatic carbocycles.